The second-order valence-electron chi connectivity index (χ2n) is 9.43. The van der Waals surface area contributed by atoms with Crippen LogP contribution < -0.4 is 20.3 Å². The number of nitrogens with one attached hydrogen (secondary N) is 2. The van der Waals surface area contributed by atoms with E-state index in [-0.39, 0.29) is 18.0 Å². The lowest BCUT2D eigenvalue weighted by Gasteiger charge is -2.29. The molecule has 2 aliphatic rings. The van der Waals surface area contributed by atoms with Crippen LogP contribution in [0.25, 0.3) is 10.2 Å². The Kier molecular flexibility index (Phi) is 5.60. The van der Waals surface area contributed by atoms with Crippen LogP contribution in [-0.4, -0.2) is 23.0 Å². The number of benzene rings is 2. The van der Waals surface area contributed by atoms with Crippen molar-refractivity contribution in [2.24, 2.45) is 5.92 Å². The number of thiophene rings is 1. The average Bonchev–Trinajstić information content (AvgIpc) is 3.45. The second kappa shape index (κ2) is 8.95. The van der Waals surface area contributed by atoms with Crippen molar-refractivity contribution < 1.29 is 14.3 Å². The highest BCUT2D eigenvalue weighted by atomic mass is 32.1. The molecule has 0 unspecified atom stereocenters. The first kappa shape index (κ1) is 22.5. The first-order valence-corrected chi connectivity index (χ1v) is 13.0. The van der Waals surface area contributed by atoms with Crippen LogP contribution in [0.4, 0.5) is 21.9 Å². The standard InChI is InChI=1S/C28H26N4O3S/c1-16-7-6-10-20(16)30-26(33)25-24-23-22(13-14-29-27(23)36-25)32(28(34)31-24)21-12-11-19(15-17(21)2)35-18-8-4-3-5-9-18/h3-5,8-9,11-16,20H,6-7,10H2,1-2H3,(H,30,33)(H,31,34)/t16-,20-/m0/s1. The van der Waals surface area contributed by atoms with Gasteiger partial charge >= 0.3 is 6.03 Å². The summed E-state index contributed by atoms with van der Waals surface area (Å²) >= 11 is 1.32. The molecule has 3 heterocycles. The van der Waals surface area contributed by atoms with Crippen molar-refractivity contribution in [3.05, 3.63) is 71.2 Å². The Bertz CT molecular complexity index is 1480. The zero-order chi connectivity index (χ0) is 24.8. The van der Waals surface area contributed by atoms with Gasteiger partial charge in [0.05, 0.1) is 22.4 Å². The molecule has 7 nitrogen and oxygen atoms in total. The van der Waals surface area contributed by atoms with Gasteiger partial charge in [0.15, 0.2) is 0 Å². The Labute approximate surface area is 213 Å². The number of para-hydroxylation sites is 1. The Balaban J connectivity index is 1.35. The maximum atomic E-state index is 13.4. The first-order chi connectivity index (χ1) is 17.5. The highest BCUT2D eigenvalue weighted by Crippen LogP contribution is 2.46. The molecule has 2 aromatic carbocycles. The molecular weight excluding hydrogens is 472 g/mol. The summed E-state index contributed by atoms with van der Waals surface area (Å²) in [5.41, 5.74) is 2.88. The number of hydrogen-bond acceptors (Lipinski definition) is 5. The summed E-state index contributed by atoms with van der Waals surface area (Å²) in [6.07, 6.45) is 4.92. The van der Waals surface area contributed by atoms with Crippen LogP contribution in [0.2, 0.25) is 0 Å². The number of ether oxygens (including phenoxy) is 1. The summed E-state index contributed by atoms with van der Waals surface area (Å²) in [6, 6.07) is 16.9. The van der Waals surface area contributed by atoms with Crippen molar-refractivity contribution >= 4 is 50.6 Å². The Hall–Kier alpha value is -3.91. The predicted octanol–water partition coefficient (Wildman–Crippen LogP) is 7.00. The number of anilines is 3. The van der Waals surface area contributed by atoms with E-state index in [0.29, 0.717) is 27.9 Å². The molecule has 1 fully saturated rings. The van der Waals surface area contributed by atoms with Gasteiger partial charge in [-0.05, 0) is 67.6 Å². The molecule has 2 atom stereocenters. The number of pyridine rings is 1. The van der Waals surface area contributed by atoms with Gasteiger partial charge in [-0.15, -0.1) is 11.3 Å². The summed E-state index contributed by atoms with van der Waals surface area (Å²) in [5.74, 6) is 1.74. The zero-order valence-electron chi connectivity index (χ0n) is 20.1. The molecule has 1 aliphatic heterocycles. The molecule has 2 N–H and O–H groups in total. The van der Waals surface area contributed by atoms with Crippen molar-refractivity contribution in [3.8, 4) is 11.5 Å². The van der Waals surface area contributed by atoms with E-state index in [4.69, 9.17) is 4.74 Å². The number of urea groups is 1. The van der Waals surface area contributed by atoms with Gasteiger partial charge in [-0.1, -0.05) is 31.5 Å². The molecule has 6 rings (SSSR count). The molecular formula is C28H26N4O3S. The monoisotopic (exact) mass is 498 g/mol. The number of aryl methyl sites for hydroxylation is 1. The highest BCUT2D eigenvalue weighted by molar-refractivity contribution is 7.21. The summed E-state index contributed by atoms with van der Waals surface area (Å²) in [5, 5.41) is 6.96. The van der Waals surface area contributed by atoms with Crippen LogP contribution in [0.5, 0.6) is 11.5 Å². The summed E-state index contributed by atoms with van der Waals surface area (Å²) in [7, 11) is 0. The largest absolute Gasteiger partial charge is 0.457 e. The van der Waals surface area contributed by atoms with Crippen molar-refractivity contribution in [2.75, 3.05) is 10.2 Å². The van der Waals surface area contributed by atoms with Gasteiger partial charge < -0.3 is 15.4 Å². The molecule has 1 aliphatic carbocycles. The molecule has 182 valence electrons. The van der Waals surface area contributed by atoms with E-state index < -0.39 is 0 Å². The van der Waals surface area contributed by atoms with Crippen molar-refractivity contribution in [1.29, 1.82) is 0 Å². The van der Waals surface area contributed by atoms with Crippen LogP contribution in [0.1, 0.15) is 41.4 Å². The smallest absolute Gasteiger partial charge is 0.331 e. The molecule has 3 amide bonds. The van der Waals surface area contributed by atoms with Gasteiger partial charge in [-0.2, -0.15) is 0 Å². The van der Waals surface area contributed by atoms with Gasteiger partial charge in [0.1, 0.15) is 21.2 Å². The van der Waals surface area contributed by atoms with Crippen LogP contribution >= 0.6 is 11.3 Å². The van der Waals surface area contributed by atoms with E-state index in [1.807, 2.05) is 61.5 Å². The molecule has 8 heteroatoms. The highest BCUT2D eigenvalue weighted by Gasteiger charge is 2.34. The summed E-state index contributed by atoms with van der Waals surface area (Å²) in [6.45, 7) is 4.12. The molecule has 0 saturated heterocycles. The van der Waals surface area contributed by atoms with Crippen molar-refractivity contribution in [1.82, 2.24) is 10.3 Å². The third kappa shape index (κ3) is 3.87. The fourth-order valence-corrected chi connectivity index (χ4v) is 6.17. The van der Waals surface area contributed by atoms with Crippen LogP contribution in [0, 0.1) is 12.8 Å². The third-order valence-electron chi connectivity index (χ3n) is 7.02. The quantitative estimate of drug-likeness (QED) is 0.310. The van der Waals surface area contributed by atoms with E-state index in [1.54, 1.807) is 11.1 Å². The van der Waals surface area contributed by atoms with Crippen LogP contribution in [0.3, 0.4) is 0 Å². The molecule has 0 radical (unpaired) electrons. The van der Waals surface area contributed by atoms with Crippen molar-refractivity contribution in [2.45, 2.75) is 39.2 Å². The number of hydrogen-bond donors (Lipinski definition) is 2. The Morgan fingerprint density at radius 1 is 1.11 bits per heavy atom. The van der Waals surface area contributed by atoms with Gasteiger partial charge in [-0.25, -0.2) is 9.78 Å². The minimum Gasteiger partial charge on any atom is -0.457 e. The van der Waals surface area contributed by atoms with Gasteiger partial charge in [0.25, 0.3) is 5.91 Å². The number of nitrogens with zero attached hydrogens (tertiary/aromatic N) is 2. The Morgan fingerprint density at radius 2 is 1.94 bits per heavy atom. The fourth-order valence-electron chi connectivity index (χ4n) is 5.14. The fraction of sp³-hybridized carbons (Fsp3) is 0.250. The maximum absolute atomic E-state index is 13.4. The second-order valence-corrected chi connectivity index (χ2v) is 10.4. The minimum absolute atomic E-state index is 0.148. The normalized spacial score (nSPS) is 18.8. The third-order valence-corrected chi connectivity index (χ3v) is 8.11. The molecule has 0 bridgehead atoms. The lowest BCUT2D eigenvalue weighted by molar-refractivity contribution is 0.0934. The summed E-state index contributed by atoms with van der Waals surface area (Å²) < 4.78 is 5.96. The van der Waals surface area contributed by atoms with E-state index in [0.717, 1.165) is 46.5 Å². The topological polar surface area (TPSA) is 83.6 Å². The van der Waals surface area contributed by atoms with E-state index in [1.165, 1.54) is 11.3 Å². The lowest BCUT2D eigenvalue weighted by Crippen LogP contribution is -2.38. The SMILES string of the molecule is Cc1cc(Oc2ccccc2)ccc1N1C(=O)Nc2c(C(=O)N[C@H]3CCC[C@@H]3C)sc3nccc1c23. The molecule has 0 spiro atoms. The minimum atomic E-state index is -0.309. The van der Waals surface area contributed by atoms with Crippen LogP contribution in [0.15, 0.2) is 60.8 Å². The average molecular weight is 499 g/mol. The maximum Gasteiger partial charge on any atom is 0.331 e. The number of rotatable bonds is 5. The molecule has 36 heavy (non-hydrogen) atoms. The van der Waals surface area contributed by atoms with E-state index in [9.17, 15) is 9.59 Å². The number of aromatic nitrogens is 1. The zero-order valence-corrected chi connectivity index (χ0v) is 20.9. The van der Waals surface area contributed by atoms with Gasteiger partial charge in [0, 0.05) is 12.2 Å². The number of carbonyl (C=O) groups excluding carboxylic acids is 2. The molecule has 2 aromatic heterocycles. The molecule has 1 saturated carbocycles. The predicted molar refractivity (Wildman–Crippen MR) is 143 cm³/mol. The van der Waals surface area contributed by atoms with E-state index >= 15 is 0 Å². The Morgan fingerprint density at radius 3 is 2.69 bits per heavy atom. The van der Waals surface area contributed by atoms with Gasteiger partial charge in [0.2, 0.25) is 0 Å². The lowest BCUT2D eigenvalue weighted by atomic mass is 10.1. The van der Waals surface area contributed by atoms with Gasteiger partial charge in [-0.3, -0.25) is 9.69 Å². The van der Waals surface area contributed by atoms with Crippen molar-refractivity contribution in [3.63, 3.8) is 0 Å². The molecule has 4 aromatic rings. The number of amides is 3. The summed E-state index contributed by atoms with van der Waals surface area (Å²) in [4.78, 5) is 34.0. The van der Waals surface area contributed by atoms with Crippen LogP contribution in [-0.2, 0) is 0 Å². The number of carbonyl (C=O) groups is 2. The first-order valence-electron chi connectivity index (χ1n) is 12.2. The van der Waals surface area contributed by atoms with E-state index in [2.05, 4.69) is 22.5 Å².